The Labute approximate surface area is 100 Å². The Morgan fingerprint density at radius 2 is 2.25 bits per heavy atom. The van der Waals surface area contributed by atoms with Crippen LogP contribution in [0.1, 0.15) is 0 Å². The summed E-state index contributed by atoms with van der Waals surface area (Å²) in [5, 5.41) is 5.77. The minimum absolute atomic E-state index is 0. The number of hydrogen-bond acceptors (Lipinski definition) is 4. The molecule has 92 valence electrons. The minimum atomic E-state index is -0.426. The molecule has 0 aromatic rings. The highest BCUT2D eigenvalue weighted by Gasteiger charge is 2.29. The first-order chi connectivity index (χ1) is 7.27. The first-order valence-corrected chi connectivity index (χ1v) is 5.15. The quantitative estimate of drug-likeness (QED) is 0.585. The van der Waals surface area contributed by atoms with Crippen molar-refractivity contribution in [3.05, 3.63) is 0 Å². The average molecular weight is 250 g/mol. The third kappa shape index (κ3) is 3.07. The van der Waals surface area contributed by atoms with Crippen molar-refractivity contribution in [2.24, 2.45) is 0 Å². The van der Waals surface area contributed by atoms with Crippen LogP contribution in [-0.2, 0) is 14.3 Å². The fraction of sp³-hybridized carbons (Fsp3) is 0.778. The maximum Gasteiger partial charge on any atom is 0.253 e. The highest BCUT2D eigenvalue weighted by Crippen LogP contribution is 2.03. The molecule has 0 bridgehead atoms. The molecule has 0 spiro atoms. The molecule has 0 unspecified atom stereocenters. The van der Waals surface area contributed by atoms with Crippen molar-refractivity contribution < 1.29 is 14.3 Å². The molecule has 2 rings (SSSR count). The molecule has 0 aliphatic carbocycles. The summed E-state index contributed by atoms with van der Waals surface area (Å²) >= 11 is 0. The number of ether oxygens (including phenoxy) is 1. The zero-order valence-corrected chi connectivity index (χ0v) is 9.72. The van der Waals surface area contributed by atoms with E-state index >= 15 is 0 Å². The number of carbonyl (C=O) groups excluding carboxylic acids is 2. The predicted octanol–water partition coefficient (Wildman–Crippen LogP) is -1.64. The largest absolute Gasteiger partial charge is 0.366 e. The number of nitrogens with one attached hydrogen (secondary N) is 2. The van der Waals surface area contributed by atoms with E-state index in [4.69, 9.17) is 4.74 Å². The molecular weight excluding hydrogens is 234 g/mol. The lowest BCUT2D eigenvalue weighted by atomic mass is 10.2. The van der Waals surface area contributed by atoms with E-state index in [0.717, 1.165) is 6.54 Å². The molecule has 2 N–H and O–H groups in total. The van der Waals surface area contributed by atoms with Crippen LogP contribution >= 0.6 is 12.4 Å². The van der Waals surface area contributed by atoms with Gasteiger partial charge in [-0.15, -0.1) is 12.4 Å². The van der Waals surface area contributed by atoms with Crippen LogP contribution in [0.2, 0.25) is 0 Å². The van der Waals surface area contributed by atoms with Crippen molar-refractivity contribution in [1.29, 1.82) is 0 Å². The zero-order valence-electron chi connectivity index (χ0n) is 8.90. The second-order valence-electron chi connectivity index (χ2n) is 3.67. The Morgan fingerprint density at radius 1 is 1.44 bits per heavy atom. The lowest BCUT2D eigenvalue weighted by Gasteiger charge is -2.31. The van der Waals surface area contributed by atoms with Crippen molar-refractivity contribution in [1.82, 2.24) is 15.5 Å². The number of halogens is 1. The third-order valence-electron chi connectivity index (χ3n) is 2.55. The van der Waals surface area contributed by atoms with Gasteiger partial charge in [-0.2, -0.15) is 0 Å². The number of piperazine rings is 1. The topological polar surface area (TPSA) is 70.7 Å². The molecule has 2 heterocycles. The van der Waals surface area contributed by atoms with Crippen LogP contribution in [0.15, 0.2) is 0 Å². The van der Waals surface area contributed by atoms with Crippen LogP contribution in [0.25, 0.3) is 0 Å². The van der Waals surface area contributed by atoms with Crippen LogP contribution in [0, 0.1) is 0 Å². The van der Waals surface area contributed by atoms with Crippen LogP contribution < -0.4 is 10.6 Å². The van der Waals surface area contributed by atoms with Gasteiger partial charge in [0.15, 0.2) is 0 Å². The van der Waals surface area contributed by atoms with Gasteiger partial charge in [-0.05, 0) is 0 Å². The summed E-state index contributed by atoms with van der Waals surface area (Å²) in [6.45, 7) is 3.13. The fourth-order valence-corrected chi connectivity index (χ4v) is 1.75. The summed E-state index contributed by atoms with van der Waals surface area (Å²) in [6, 6.07) is 0. The Morgan fingerprint density at radius 3 is 2.88 bits per heavy atom. The second-order valence-corrected chi connectivity index (χ2v) is 3.67. The van der Waals surface area contributed by atoms with Crippen LogP contribution in [-0.4, -0.2) is 62.1 Å². The van der Waals surface area contributed by atoms with Crippen molar-refractivity contribution in [2.75, 3.05) is 39.3 Å². The smallest absolute Gasteiger partial charge is 0.253 e. The molecule has 0 saturated carbocycles. The monoisotopic (exact) mass is 249 g/mol. The fourth-order valence-electron chi connectivity index (χ4n) is 1.75. The lowest BCUT2D eigenvalue weighted by Crippen LogP contribution is -2.56. The third-order valence-corrected chi connectivity index (χ3v) is 2.55. The summed E-state index contributed by atoms with van der Waals surface area (Å²) in [5.41, 5.74) is 0. The molecule has 2 aliphatic heterocycles. The van der Waals surface area contributed by atoms with E-state index in [1.165, 1.54) is 0 Å². The Balaban J connectivity index is 0.00000128. The minimum Gasteiger partial charge on any atom is -0.366 e. The van der Waals surface area contributed by atoms with Gasteiger partial charge in [0.1, 0.15) is 6.10 Å². The van der Waals surface area contributed by atoms with Crippen LogP contribution in [0.4, 0.5) is 0 Å². The summed E-state index contributed by atoms with van der Waals surface area (Å²) in [6.07, 6.45) is -0.426. The lowest BCUT2D eigenvalue weighted by molar-refractivity contribution is -0.149. The standard InChI is InChI=1S/C9H15N3O3.ClH/c13-8-6-12(3-1-11-8)9(14)7-5-10-2-4-15-7;/h7,10H,1-6H2,(H,11,13);1H/t7-;/m1./s1. The molecule has 7 heteroatoms. The number of amides is 2. The van der Waals surface area contributed by atoms with Crippen molar-refractivity contribution in [3.8, 4) is 0 Å². The Kier molecular flexibility index (Phi) is 4.98. The van der Waals surface area contributed by atoms with Gasteiger partial charge in [0.2, 0.25) is 5.91 Å². The molecule has 0 aromatic heterocycles. The number of carbonyl (C=O) groups is 2. The van der Waals surface area contributed by atoms with E-state index in [0.29, 0.717) is 26.2 Å². The van der Waals surface area contributed by atoms with Crippen molar-refractivity contribution in [2.45, 2.75) is 6.10 Å². The average Bonchev–Trinajstić information content (AvgIpc) is 2.29. The van der Waals surface area contributed by atoms with E-state index in [9.17, 15) is 9.59 Å². The molecule has 6 nitrogen and oxygen atoms in total. The van der Waals surface area contributed by atoms with E-state index in [2.05, 4.69) is 10.6 Å². The normalized spacial score (nSPS) is 25.6. The molecule has 0 radical (unpaired) electrons. The molecule has 1 atom stereocenters. The molecular formula is C9H16ClN3O3. The van der Waals surface area contributed by atoms with Crippen molar-refractivity contribution in [3.63, 3.8) is 0 Å². The molecule has 16 heavy (non-hydrogen) atoms. The highest BCUT2D eigenvalue weighted by molar-refractivity contribution is 5.88. The number of rotatable bonds is 1. The summed E-state index contributed by atoms with van der Waals surface area (Å²) < 4.78 is 5.34. The maximum absolute atomic E-state index is 11.9. The first kappa shape index (κ1) is 13.2. The molecule has 0 aromatic carbocycles. The summed E-state index contributed by atoms with van der Waals surface area (Å²) in [5.74, 6) is -0.185. The molecule has 2 amide bonds. The molecule has 2 saturated heterocycles. The van der Waals surface area contributed by atoms with Gasteiger partial charge in [0, 0.05) is 26.2 Å². The highest BCUT2D eigenvalue weighted by atomic mass is 35.5. The number of hydrogen-bond donors (Lipinski definition) is 2. The number of nitrogens with zero attached hydrogens (tertiary/aromatic N) is 1. The van der Waals surface area contributed by atoms with E-state index in [-0.39, 0.29) is 30.8 Å². The van der Waals surface area contributed by atoms with E-state index < -0.39 is 6.10 Å². The van der Waals surface area contributed by atoms with Gasteiger partial charge in [-0.1, -0.05) is 0 Å². The molecule has 2 fully saturated rings. The van der Waals surface area contributed by atoms with Gasteiger partial charge >= 0.3 is 0 Å². The molecule has 2 aliphatic rings. The van der Waals surface area contributed by atoms with Gasteiger partial charge in [-0.25, -0.2) is 0 Å². The van der Waals surface area contributed by atoms with Gasteiger partial charge in [-0.3, -0.25) is 9.59 Å². The van der Waals surface area contributed by atoms with Crippen molar-refractivity contribution >= 4 is 24.2 Å². The van der Waals surface area contributed by atoms with E-state index in [1.54, 1.807) is 4.90 Å². The SMILES string of the molecule is Cl.O=C1CN(C(=O)[C@H]2CNCCO2)CCN1. The first-order valence-electron chi connectivity index (χ1n) is 5.15. The van der Waals surface area contributed by atoms with Crippen LogP contribution in [0.3, 0.4) is 0 Å². The predicted molar refractivity (Wildman–Crippen MR) is 59.4 cm³/mol. The Bertz CT molecular complexity index is 269. The second kappa shape index (κ2) is 6.03. The van der Waals surface area contributed by atoms with E-state index in [1.807, 2.05) is 0 Å². The Hall–Kier alpha value is -0.850. The number of morpholine rings is 1. The zero-order chi connectivity index (χ0) is 10.7. The van der Waals surface area contributed by atoms with Gasteiger partial charge in [0.05, 0.1) is 13.2 Å². The maximum atomic E-state index is 11.9. The van der Waals surface area contributed by atoms with Crippen LogP contribution in [0.5, 0.6) is 0 Å². The van der Waals surface area contributed by atoms with Gasteiger partial charge in [0.25, 0.3) is 5.91 Å². The summed E-state index contributed by atoms with van der Waals surface area (Å²) in [7, 11) is 0. The summed E-state index contributed by atoms with van der Waals surface area (Å²) in [4.78, 5) is 24.5. The van der Waals surface area contributed by atoms with Gasteiger partial charge < -0.3 is 20.3 Å².